The SMILES string of the molecule is C/C=C/OOC(C)(C)c1ccccc1. The second-order valence-corrected chi connectivity index (χ2v) is 3.53. The molecule has 2 nitrogen and oxygen atoms in total. The summed E-state index contributed by atoms with van der Waals surface area (Å²) in [5.74, 6) is 0. The lowest BCUT2D eigenvalue weighted by Gasteiger charge is -2.22. The summed E-state index contributed by atoms with van der Waals surface area (Å²) in [6, 6.07) is 9.97. The van der Waals surface area contributed by atoms with E-state index in [1.165, 1.54) is 6.26 Å². The van der Waals surface area contributed by atoms with Gasteiger partial charge in [-0.2, -0.15) is 4.89 Å². The molecule has 1 rings (SSSR count). The molecule has 0 amide bonds. The molecule has 0 aromatic heterocycles. The second kappa shape index (κ2) is 4.82. The van der Waals surface area contributed by atoms with Crippen molar-refractivity contribution in [2.45, 2.75) is 26.4 Å². The predicted molar refractivity (Wildman–Crippen MR) is 56.5 cm³/mol. The molecule has 1 aromatic carbocycles. The molecule has 14 heavy (non-hydrogen) atoms. The molecule has 0 saturated heterocycles. The Bertz CT molecular complexity index is 288. The predicted octanol–water partition coefficient (Wildman–Crippen LogP) is 3.40. The standard InChI is InChI=1S/C12H16O2/c1-4-10-13-14-12(2,3)11-8-6-5-7-9-11/h4-10H,1-3H3/b10-4+. The molecular formula is C12H16O2. The van der Waals surface area contributed by atoms with Crippen molar-refractivity contribution >= 4 is 0 Å². The zero-order valence-corrected chi connectivity index (χ0v) is 8.86. The van der Waals surface area contributed by atoms with Crippen LogP contribution in [0.1, 0.15) is 26.3 Å². The summed E-state index contributed by atoms with van der Waals surface area (Å²) in [5, 5.41) is 0. The van der Waals surface area contributed by atoms with Gasteiger partial charge in [-0.15, -0.1) is 0 Å². The quantitative estimate of drug-likeness (QED) is 0.413. The highest BCUT2D eigenvalue weighted by Crippen LogP contribution is 2.24. The number of hydrogen-bond acceptors (Lipinski definition) is 2. The van der Waals surface area contributed by atoms with Crippen molar-refractivity contribution in [2.75, 3.05) is 0 Å². The van der Waals surface area contributed by atoms with E-state index >= 15 is 0 Å². The van der Waals surface area contributed by atoms with Crippen molar-refractivity contribution in [2.24, 2.45) is 0 Å². The van der Waals surface area contributed by atoms with Gasteiger partial charge in [0.05, 0.1) is 0 Å². The molecule has 0 bridgehead atoms. The molecule has 0 saturated carbocycles. The van der Waals surface area contributed by atoms with Crippen LogP contribution in [-0.2, 0) is 15.4 Å². The van der Waals surface area contributed by atoms with E-state index < -0.39 is 5.60 Å². The first-order chi connectivity index (χ1) is 6.67. The van der Waals surface area contributed by atoms with Crippen molar-refractivity contribution in [3.05, 3.63) is 48.2 Å². The number of hydrogen-bond donors (Lipinski definition) is 0. The lowest BCUT2D eigenvalue weighted by molar-refractivity contribution is -0.321. The van der Waals surface area contributed by atoms with Gasteiger partial charge in [0.2, 0.25) is 0 Å². The summed E-state index contributed by atoms with van der Waals surface area (Å²) < 4.78 is 0. The van der Waals surface area contributed by atoms with Crippen molar-refractivity contribution in [3.63, 3.8) is 0 Å². The maximum atomic E-state index is 5.27. The second-order valence-electron chi connectivity index (χ2n) is 3.53. The van der Waals surface area contributed by atoms with Crippen LogP contribution in [0.15, 0.2) is 42.7 Å². The van der Waals surface area contributed by atoms with Gasteiger partial charge in [0, 0.05) is 0 Å². The molecule has 0 radical (unpaired) electrons. The van der Waals surface area contributed by atoms with Gasteiger partial charge in [-0.25, -0.2) is 0 Å². The minimum atomic E-state index is -0.430. The van der Waals surface area contributed by atoms with Crippen molar-refractivity contribution in [1.82, 2.24) is 0 Å². The zero-order valence-electron chi connectivity index (χ0n) is 8.86. The van der Waals surface area contributed by atoms with Crippen molar-refractivity contribution in [3.8, 4) is 0 Å². The van der Waals surface area contributed by atoms with Crippen molar-refractivity contribution < 1.29 is 9.78 Å². The minimum Gasteiger partial charge on any atom is -0.345 e. The fourth-order valence-electron chi connectivity index (χ4n) is 1.09. The van der Waals surface area contributed by atoms with E-state index in [2.05, 4.69) is 0 Å². The fraction of sp³-hybridized carbons (Fsp3) is 0.333. The van der Waals surface area contributed by atoms with Crippen LogP contribution < -0.4 is 0 Å². The highest BCUT2D eigenvalue weighted by Gasteiger charge is 2.22. The molecule has 0 fully saturated rings. The Morgan fingerprint density at radius 2 is 1.79 bits per heavy atom. The van der Waals surface area contributed by atoms with Gasteiger partial charge in [-0.1, -0.05) is 30.3 Å². The molecule has 76 valence electrons. The topological polar surface area (TPSA) is 18.5 Å². The first-order valence-corrected chi connectivity index (χ1v) is 4.68. The average Bonchev–Trinajstić information content (AvgIpc) is 2.19. The summed E-state index contributed by atoms with van der Waals surface area (Å²) in [5.41, 5.74) is 0.658. The fourth-order valence-corrected chi connectivity index (χ4v) is 1.09. The summed E-state index contributed by atoms with van der Waals surface area (Å²) in [7, 11) is 0. The largest absolute Gasteiger partial charge is 0.345 e. The minimum absolute atomic E-state index is 0.430. The molecule has 0 aliphatic heterocycles. The summed E-state index contributed by atoms with van der Waals surface area (Å²) in [6.45, 7) is 5.80. The highest BCUT2D eigenvalue weighted by atomic mass is 17.2. The van der Waals surface area contributed by atoms with E-state index in [1.807, 2.05) is 51.1 Å². The van der Waals surface area contributed by atoms with Gasteiger partial charge in [-0.3, -0.25) is 0 Å². The van der Waals surface area contributed by atoms with Crippen LogP contribution in [0, 0.1) is 0 Å². The molecule has 0 atom stereocenters. The van der Waals surface area contributed by atoms with Crippen LogP contribution >= 0.6 is 0 Å². The lowest BCUT2D eigenvalue weighted by atomic mass is 9.99. The van der Waals surface area contributed by atoms with E-state index in [9.17, 15) is 0 Å². The summed E-state index contributed by atoms with van der Waals surface area (Å²) in [6.07, 6.45) is 3.30. The van der Waals surface area contributed by atoms with Gasteiger partial charge >= 0.3 is 0 Å². The molecule has 0 N–H and O–H groups in total. The van der Waals surface area contributed by atoms with Crippen LogP contribution in [0.2, 0.25) is 0 Å². The van der Waals surface area contributed by atoms with Crippen LogP contribution in [0.4, 0.5) is 0 Å². The Morgan fingerprint density at radius 1 is 1.14 bits per heavy atom. The Kier molecular flexibility index (Phi) is 3.72. The number of allylic oxidation sites excluding steroid dienone is 1. The van der Waals surface area contributed by atoms with Crippen LogP contribution in [0.25, 0.3) is 0 Å². The highest BCUT2D eigenvalue weighted by molar-refractivity contribution is 5.20. The first kappa shape index (κ1) is 10.8. The van der Waals surface area contributed by atoms with E-state index in [-0.39, 0.29) is 0 Å². The van der Waals surface area contributed by atoms with E-state index in [0.29, 0.717) is 0 Å². The number of benzene rings is 1. The van der Waals surface area contributed by atoms with Gasteiger partial charge in [0.25, 0.3) is 0 Å². The third kappa shape index (κ3) is 2.89. The third-order valence-electron chi connectivity index (χ3n) is 1.92. The Labute approximate surface area is 85.1 Å². The molecule has 1 aromatic rings. The third-order valence-corrected chi connectivity index (χ3v) is 1.92. The Morgan fingerprint density at radius 3 is 2.36 bits per heavy atom. The zero-order chi connectivity index (χ0) is 10.4. The monoisotopic (exact) mass is 192 g/mol. The smallest absolute Gasteiger partial charge is 0.134 e. The van der Waals surface area contributed by atoms with Crippen LogP contribution in [0.3, 0.4) is 0 Å². The molecular weight excluding hydrogens is 176 g/mol. The van der Waals surface area contributed by atoms with Gasteiger partial charge in [0.1, 0.15) is 11.9 Å². The number of rotatable bonds is 4. The maximum Gasteiger partial charge on any atom is 0.134 e. The van der Waals surface area contributed by atoms with E-state index in [0.717, 1.165) is 5.56 Å². The van der Waals surface area contributed by atoms with E-state index in [4.69, 9.17) is 9.78 Å². The Balaban J connectivity index is 2.65. The van der Waals surface area contributed by atoms with Gasteiger partial charge < -0.3 is 4.89 Å². The molecule has 0 unspecified atom stereocenters. The van der Waals surface area contributed by atoms with Crippen LogP contribution in [-0.4, -0.2) is 0 Å². The van der Waals surface area contributed by atoms with E-state index in [1.54, 1.807) is 6.08 Å². The molecule has 0 heterocycles. The Hall–Kier alpha value is -1.28. The maximum absolute atomic E-state index is 5.27. The summed E-state index contributed by atoms with van der Waals surface area (Å²) >= 11 is 0. The molecule has 0 spiro atoms. The van der Waals surface area contributed by atoms with Crippen molar-refractivity contribution in [1.29, 1.82) is 0 Å². The first-order valence-electron chi connectivity index (χ1n) is 4.68. The lowest BCUT2D eigenvalue weighted by Crippen LogP contribution is -2.20. The normalized spacial score (nSPS) is 11.9. The van der Waals surface area contributed by atoms with Gasteiger partial charge in [-0.05, 0) is 32.4 Å². The van der Waals surface area contributed by atoms with Crippen LogP contribution in [0.5, 0.6) is 0 Å². The van der Waals surface area contributed by atoms with Gasteiger partial charge in [0.15, 0.2) is 0 Å². The molecule has 0 aliphatic carbocycles. The summed E-state index contributed by atoms with van der Waals surface area (Å²) in [4.78, 5) is 10.2. The average molecular weight is 192 g/mol. The molecule has 2 heteroatoms. The molecule has 0 aliphatic rings.